The first-order valence-electron chi connectivity index (χ1n) is 8.47. The molecule has 150 valence electrons. The van der Waals surface area contributed by atoms with Crippen LogP contribution in [-0.4, -0.2) is 45.9 Å². The van der Waals surface area contributed by atoms with Gasteiger partial charge in [-0.15, -0.1) is 0 Å². The number of carbonyl (C=O) groups excluding carboxylic acids is 2. The fourth-order valence-electron chi connectivity index (χ4n) is 2.33. The van der Waals surface area contributed by atoms with Crippen molar-refractivity contribution in [2.45, 2.75) is 33.2 Å². The van der Waals surface area contributed by atoms with Crippen LogP contribution in [0.4, 0.5) is 0 Å². The average Bonchev–Trinajstić information content (AvgIpc) is 2.55. The summed E-state index contributed by atoms with van der Waals surface area (Å²) in [5.41, 5.74) is 0.491. The highest BCUT2D eigenvalue weighted by molar-refractivity contribution is 7.89. The predicted molar refractivity (Wildman–Crippen MR) is 102 cm³/mol. The maximum atomic E-state index is 12.4. The monoisotopic (exact) mass is 397 g/mol. The van der Waals surface area contributed by atoms with Crippen LogP contribution >= 0.6 is 0 Å². The Morgan fingerprint density at radius 2 is 1.70 bits per heavy atom. The van der Waals surface area contributed by atoms with E-state index < -0.39 is 33.4 Å². The quantitative estimate of drug-likeness (QED) is 0.504. The summed E-state index contributed by atoms with van der Waals surface area (Å²) in [4.78, 5) is 22.7. The minimum atomic E-state index is -3.57. The molecule has 1 atom stereocenters. The van der Waals surface area contributed by atoms with Crippen LogP contribution in [0.15, 0.2) is 42.5 Å². The van der Waals surface area contributed by atoms with Crippen molar-refractivity contribution in [2.24, 2.45) is 5.41 Å². The summed E-state index contributed by atoms with van der Waals surface area (Å²) in [5, 5.41) is 0. The molecule has 0 fully saturated rings. The lowest BCUT2D eigenvalue weighted by atomic mass is 10.0. The molecule has 0 aromatic heterocycles. The second-order valence-corrected chi connectivity index (χ2v) is 9.06. The molecule has 0 spiro atoms. The molecule has 0 bridgehead atoms. The zero-order valence-corrected chi connectivity index (χ0v) is 16.9. The van der Waals surface area contributed by atoms with E-state index in [0.29, 0.717) is 6.42 Å². The number of rotatable bonds is 9. The number of nitrogens with one attached hydrogen (secondary N) is 1. The van der Waals surface area contributed by atoms with Gasteiger partial charge in [-0.2, -0.15) is 0 Å². The van der Waals surface area contributed by atoms with Gasteiger partial charge < -0.3 is 9.47 Å². The molecule has 1 aromatic rings. The van der Waals surface area contributed by atoms with Crippen molar-refractivity contribution in [3.05, 3.63) is 48.0 Å². The molecule has 0 aliphatic heterocycles. The Bertz CT molecular complexity index is 750. The molecule has 0 aliphatic rings. The first-order chi connectivity index (χ1) is 12.5. The van der Waals surface area contributed by atoms with Gasteiger partial charge in [0.05, 0.1) is 18.9 Å². The normalized spacial score (nSPS) is 13.3. The standard InChI is InChI=1S/C19H27NO6S/c1-19(2,3)14-27(23,24)20-16(12-15-8-6-5-7-9-15)13-26-18(22)11-10-17(21)25-4/h5-11,16,20H,12-14H2,1-4H3/b11-10+. The highest BCUT2D eigenvalue weighted by Gasteiger charge is 2.25. The van der Waals surface area contributed by atoms with Gasteiger partial charge in [-0.25, -0.2) is 22.7 Å². The van der Waals surface area contributed by atoms with Gasteiger partial charge in [-0.05, 0) is 17.4 Å². The highest BCUT2D eigenvalue weighted by atomic mass is 32.2. The number of hydrogen-bond donors (Lipinski definition) is 1. The highest BCUT2D eigenvalue weighted by Crippen LogP contribution is 2.16. The largest absolute Gasteiger partial charge is 0.466 e. The summed E-state index contributed by atoms with van der Waals surface area (Å²) in [5.74, 6) is -1.49. The number of hydrogen-bond acceptors (Lipinski definition) is 6. The van der Waals surface area contributed by atoms with E-state index in [-0.39, 0.29) is 12.4 Å². The second-order valence-electron chi connectivity index (χ2n) is 7.31. The van der Waals surface area contributed by atoms with E-state index in [2.05, 4.69) is 9.46 Å². The van der Waals surface area contributed by atoms with Crippen molar-refractivity contribution in [1.82, 2.24) is 4.72 Å². The van der Waals surface area contributed by atoms with Gasteiger partial charge in [-0.3, -0.25) is 0 Å². The Hall–Kier alpha value is -2.19. The molecule has 1 unspecified atom stereocenters. The first kappa shape index (κ1) is 22.9. The second kappa shape index (κ2) is 10.2. The van der Waals surface area contributed by atoms with E-state index in [9.17, 15) is 18.0 Å². The molecule has 27 heavy (non-hydrogen) atoms. The summed E-state index contributed by atoms with van der Waals surface area (Å²) in [6.07, 6.45) is 2.24. The van der Waals surface area contributed by atoms with Crippen LogP contribution in [0, 0.1) is 5.41 Å². The van der Waals surface area contributed by atoms with E-state index >= 15 is 0 Å². The predicted octanol–water partition coefficient (Wildman–Crippen LogP) is 1.84. The van der Waals surface area contributed by atoms with Crippen LogP contribution in [0.3, 0.4) is 0 Å². The van der Waals surface area contributed by atoms with Crippen LogP contribution in [0.1, 0.15) is 26.3 Å². The number of carbonyl (C=O) groups is 2. The molecule has 0 aliphatic carbocycles. The molecule has 0 heterocycles. The molecule has 0 radical (unpaired) electrons. The molecule has 7 nitrogen and oxygen atoms in total. The summed E-state index contributed by atoms with van der Waals surface area (Å²) >= 11 is 0. The number of ether oxygens (including phenoxy) is 2. The van der Waals surface area contributed by atoms with Gasteiger partial charge in [0.15, 0.2) is 0 Å². The van der Waals surface area contributed by atoms with Crippen molar-refractivity contribution >= 4 is 22.0 Å². The molecular weight excluding hydrogens is 370 g/mol. The van der Waals surface area contributed by atoms with Crippen LogP contribution in [0.5, 0.6) is 0 Å². The van der Waals surface area contributed by atoms with Gasteiger partial charge in [0.1, 0.15) is 6.61 Å². The van der Waals surface area contributed by atoms with Crippen LogP contribution in [-0.2, 0) is 35.5 Å². The average molecular weight is 397 g/mol. The Morgan fingerprint density at radius 3 is 2.26 bits per heavy atom. The minimum absolute atomic E-state index is 0.0541. The smallest absolute Gasteiger partial charge is 0.331 e. The number of sulfonamides is 1. The third-order valence-corrected chi connectivity index (χ3v) is 5.22. The lowest BCUT2D eigenvalue weighted by Crippen LogP contribution is -2.43. The Morgan fingerprint density at radius 1 is 1.11 bits per heavy atom. The van der Waals surface area contributed by atoms with Crippen molar-refractivity contribution in [1.29, 1.82) is 0 Å². The fourth-order valence-corrected chi connectivity index (χ4v) is 4.22. The zero-order valence-electron chi connectivity index (χ0n) is 16.1. The topological polar surface area (TPSA) is 98.8 Å². The van der Waals surface area contributed by atoms with Crippen LogP contribution < -0.4 is 4.72 Å². The number of methoxy groups -OCH3 is 1. The van der Waals surface area contributed by atoms with Crippen molar-refractivity contribution < 1.29 is 27.5 Å². The summed E-state index contributed by atoms with van der Waals surface area (Å²) < 4.78 is 36.9. The Kier molecular flexibility index (Phi) is 8.65. The molecule has 1 aromatic carbocycles. The lowest BCUT2D eigenvalue weighted by molar-refractivity contribution is -0.139. The molecule has 0 saturated carbocycles. The van der Waals surface area contributed by atoms with E-state index in [1.807, 2.05) is 51.1 Å². The molecule has 0 amide bonds. The summed E-state index contributed by atoms with van der Waals surface area (Å²) in [6.45, 7) is 5.32. The Labute approximate surface area is 160 Å². The maximum absolute atomic E-state index is 12.4. The van der Waals surface area contributed by atoms with E-state index in [1.165, 1.54) is 7.11 Å². The molecule has 0 saturated heterocycles. The van der Waals surface area contributed by atoms with E-state index in [1.54, 1.807) is 0 Å². The summed E-state index contributed by atoms with van der Waals surface area (Å²) in [6, 6.07) is 8.66. The molecule has 1 N–H and O–H groups in total. The van der Waals surface area contributed by atoms with E-state index in [4.69, 9.17) is 4.74 Å². The third-order valence-electron chi connectivity index (χ3n) is 3.28. The zero-order chi connectivity index (χ0) is 20.5. The number of benzene rings is 1. The van der Waals surface area contributed by atoms with Gasteiger partial charge in [-0.1, -0.05) is 51.1 Å². The maximum Gasteiger partial charge on any atom is 0.331 e. The molecule has 1 rings (SSSR count). The minimum Gasteiger partial charge on any atom is -0.466 e. The van der Waals surface area contributed by atoms with Crippen LogP contribution in [0.25, 0.3) is 0 Å². The van der Waals surface area contributed by atoms with E-state index in [0.717, 1.165) is 17.7 Å². The Balaban J connectivity index is 2.80. The van der Waals surface area contributed by atoms with Gasteiger partial charge in [0, 0.05) is 12.2 Å². The van der Waals surface area contributed by atoms with Gasteiger partial charge >= 0.3 is 11.9 Å². The van der Waals surface area contributed by atoms with Gasteiger partial charge in [0.25, 0.3) is 0 Å². The fraction of sp³-hybridized carbons (Fsp3) is 0.474. The lowest BCUT2D eigenvalue weighted by Gasteiger charge is -2.23. The van der Waals surface area contributed by atoms with Crippen molar-refractivity contribution in [3.63, 3.8) is 0 Å². The van der Waals surface area contributed by atoms with Crippen LogP contribution in [0.2, 0.25) is 0 Å². The first-order valence-corrected chi connectivity index (χ1v) is 10.1. The van der Waals surface area contributed by atoms with Crippen molar-refractivity contribution in [3.8, 4) is 0 Å². The number of esters is 2. The molecular formula is C19H27NO6S. The summed E-state index contributed by atoms with van der Waals surface area (Å²) in [7, 11) is -2.38. The van der Waals surface area contributed by atoms with Crippen molar-refractivity contribution in [2.75, 3.05) is 19.5 Å². The third kappa shape index (κ3) is 10.5. The molecule has 8 heteroatoms. The van der Waals surface area contributed by atoms with Gasteiger partial charge in [0.2, 0.25) is 10.0 Å². The SMILES string of the molecule is COC(=O)/C=C/C(=O)OCC(Cc1ccccc1)NS(=O)(=O)CC(C)(C)C.